The van der Waals surface area contributed by atoms with Crippen LogP contribution in [0.3, 0.4) is 0 Å². The minimum absolute atomic E-state index is 0.801. The lowest BCUT2D eigenvalue weighted by atomic mass is 10.2. The molecule has 2 aromatic heterocycles. The predicted molar refractivity (Wildman–Crippen MR) is 67.8 cm³/mol. The zero-order chi connectivity index (χ0) is 11.4. The molecule has 0 amide bonds. The molecule has 0 radical (unpaired) electrons. The van der Waals surface area contributed by atoms with Crippen molar-refractivity contribution in [2.24, 2.45) is 0 Å². The number of hydrogen-bond acceptors (Lipinski definition) is 4. The maximum Gasteiger partial charge on any atom is 0.129 e. The largest absolute Gasteiger partial charge is 0.365 e. The molecule has 0 saturated carbocycles. The van der Waals surface area contributed by atoms with E-state index in [1.807, 2.05) is 25.4 Å². The maximum absolute atomic E-state index is 4.34. The summed E-state index contributed by atoms with van der Waals surface area (Å²) in [6.07, 6.45) is 4.73. The molecular formula is C12H15N3S. The van der Waals surface area contributed by atoms with Gasteiger partial charge in [0.05, 0.1) is 11.6 Å². The second kappa shape index (κ2) is 5.07. The van der Waals surface area contributed by atoms with Gasteiger partial charge in [-0.05, 0) is 25.0 Å². The molecule has 2 rings (SSSR count). The van der Waals surface area contributed by atoms with Crippen molar-refractivity contribution < 1.29 is 0 Å². The number of aromatic nitrogens is 2. The van der Waals surface area contributed by atoms with E-state index in [0.717, 1.165) is 23.8 Å². The van der Waals surface area contributed by atoms with Gasteiger partial charge in [-0.2, -0.15) is 0 Å². The van der Waals surface area contributed by atoms with E-state index in [9.17, 15) is 0 Å². The van der Waals surface area contributed by atoms with Crippen molar-refractivity contribution in [3.8, 4) is 0 Å². The molecule has 16 heavy (non-hydrogen) atoms. The van der Waals surface area contributed by atoms with Gasteiger partial charge in [0.15, 0.2) is 0 Å². The first kappa shape index (κ1) is 11.1. The Morgan fingerprint density at radius 3 is 2.94 bits per heavy atom. The topological polar surface area (TPSA) is 37.8 Å². The summed E-state index contributed by atoms with van der Waals surface area (Å²) in [5.74, 6) is 0.982. The number of nitrogens with zero attached hydrogens (tertiary/aromatic N) is 2. The van der Waals surface area contributed by atoms with E-state index in [2.05, 4.69) is 28.3 Å². The van der Waals surface area contributed by atoms with Crippen LogP contribution in [0.5, 0.6) is 0 Å². The van der Waals surface area contributed by atoms with E-state index in [0.29, 0.717) is 0 Å². The van der Waals surface area contributed by atoms with Crippen LogP contribution in [-0.2, 0) is 13.0 Å². The lowest BCUT2D eigenvalue weighted by Crippen LogP contribution is -2.02. The van der Waals surface area contributed by atoms with Gasteiger partial charge in [0, 0.05) is 17.3 Å². The minimum atomic E-state index is 0.801. The Morgan fingerprint density at radius 2 is 2.25 bits per heavy atom. The molecule has 0 bridgehead atoms. The fourth-order valence-electron chi connectivity index (χ4n) is 1.54. The van der Waals surface area contributed by atoms with Gasteiger partial charge in [0.1, 0.15) is 5.82 Å². The summed E-state index contributed by atoms with van der Waals surface area (Å²) in [5.41, 5.74) is 1.25. The van der Waals surface area contributed by atoms with Crippen LogP contribution in [0.25, 0.3) is 0 Å². The van der Waals surface area contributed by atoms with E-state index in [-0.39, 0.29) is 0 Å². The van der Waals surface area contributed by atoms with E-state index in [1.165, 1.54) is 10.4 Å². The lowest BCUT2D eigenvalue weighted by molar-refractivity contribution is 1.06. The highest BCUT2D eigenvalue weighted by Crippen LogP contribution is 2.16. The lowest BCUT2D eigenvalue weighted by Gasteiger charge is -2.07. The van der Waals surface area contributed by atoms with E-state index in [1.54, 1.807) is 11.3 Å². The van der Waals surface area contributed by atoms with Crippen molar-refractivity contribution in [2.45, 2.75) is 26.8 Å². The van der Waals surface area contributed by atoms with E-state index < -0.39 is 0 Å². The summed E-state index contributed by atoms with van der Waals surface area (Å²) >= 11 is 1.72. The van der Waals surface area contributed by atoms with Gasteiger partial charge in [0.25, 0.3) is 0 Å². The molecule has 2 heterocycles. The molecule has 0 saturated heterocycles. The SMILES string of the molecule is CCc1cccnc1NCc1cnc(C)s1. The Labute approximate surface area is 99.6 Å². The Balaban J connectivity index is 2.04. The quantitative estimate of drug-likeness (QED) is 0.882. The second-order valence-electron chi connectivity index (χ2n) is 3.56. The number of aryl methyl sites for hydroxylation is 2. The molecular weight excluding hydrogens is 218 g/mol. The van der Waals surface area contributed by atoms with Crippen LogP contribution in [0.4, 0.5) is 5.82 Å². The van der Waals surface area contributed by atoms with Crippen LogP contribution in [0, 0.1) is 6.92 Å². The molecule has 0 spiro atoms. The Kier molecular flexibility index (Phi) is 3.51. The van der Waals surface area contributed by atoms with Crippen LogP contribution < -0.4 is 5.32 Å². The van der Waals surface area contributed by atoms with Gasteiger partial charge in [-0.25, -0.2) is 9.97 Å². The van der Waals surface area contributed by atoms with Crippen molar-refractivity contribution in [1.29, 1.82) is 0 Å². The van der Waals surface area contributed by atoms with Crippen molar-refractivity contribution in [2.75, 3.05) is 5.32 Å². The van der Waals surface area contributed by atoms with Crippen molar-refractivity contribution in [3.63, 3.8) is 0 Å². The van der Waals surface area contributed by atoms with Crippen molar-refractivity contribution in [3.05, 3.63) is 40.0 Å². The van der Waals surface area contributed by atoms with Crippen LogP contribution >= 0.6 is 11.3 Å². The molecule has 84 valence electrons. The summed E-state index contributed by atoms with van der Waals surface area (Å²) in [5, 5.41) is 4.46. The number of nitrogens with one attached hydrogen (secondary N) is 1. The molecule has 1 N–H and O–H groups in total. The average Bonchev–Trinajstić information content (AvgIpc) is 2.73. The molecule has 0 atom stereocenters. The van der Waals surface area contributed by atoms with Gasteiger partial charge in [-0.1, -0.05) is 13.0 Å². The van der Waals surface area contributed by atoms with Crippen LogP contribution in [0.2, 0.25) is 0 Å². The Bertz CT molecular complexity index is 465. The van der Waals surface area contributed by atoms with E-state index >= 15 is 0 Å². The molecule has 3 nitrogen and oxygen atoms in total. The first-order valence-corrected chi connectivity index (χ1v) is 6.20. The normalized spacial score (nSPS) is 10.4. The summed E-state index contributed by atoms with van der Waals surface area (Å²) in [4.78, 5) is 9.82. The highest BCUT2D eigenvalue weighted by Gasteiger charge is 2.02. The average molecular weight is 233 g/mol. The second-order valence-corrected chi connectivity index (χ2v) is 4.88. The molecule has 0 aliphatic rings. The van der Waals surface area contributed by atoms with Crippen LogP contribution in [0.15, 0.2) is 24.5 Å². The third-order valence-corrected chi connectivity index (χ3v) is 3.28. The summed E-state index contributed by atoms with van der Waals surface area (Å²) in [7, 11) is 0. The molecule has 0 fully saturated rings. The number of rotatable bonds is 4. The molecule has 4 heteroatoms. The van der Waals surface area contributed by atoms with Gasteiger partial charge in [-0.15, -0.1) is 11.3 Å². The van der Waals surface area contributed by atoms with Crippen LogP contribution in [0.1, 0.15) is 22.4 Å². The summed E-state index contributed by atoms with van der Waals surface area (Å²) in [6, 6.07) is 4.08. The summed E-state index contributed by atoms with van der Waals surface area (Å²) in [6.45, 7) is 4.96. The van der Waals surface area contributed by atoms with E-state index in [4.69, 9.17) is 0 Å². The maximum atomic E-state index is 4.34. The smallest absolute Gasteiger partial charge is 0.129 e. The Morgan fingerprint density at radius 1 is 1.38 bits per heavy atom. The minimum Gasteiger partial charge on any atom is -0.365 e. The molecule has 0 unspecified atom stereocenters. The zero-order valence-corrected chi connectivity index (χ0v) is 10.3. The van der Waals surface area contributed by atoms with Gasteiger partial charge >= 0.3 is 0 Å². The number of hydrogen-bond donors (Lipinski definition) is 1. The number of pyridine rings is 1. The van der Waals surface area contributed by atoms with Crippen molar-refractivity contribution in [1.82, 2.24) is 9.97 Å². The molecule has 2 aromatic rings. The summed E-state index contributed by atoms with van der Waals surface area (Å²) < 4.78 is 0. The monoisotopic (exact) mass is 233 g/mol. The fourth-order valence-corrected chi connectivity index (χ4v) is 2.28. The standard InChI is InChI=1S/C12H15N3S/c1-3-10-5-4-6-13-12(10)15-8-11-7-14-9(2)16-11/h4-7H,3,8H2,1-2H3,(H,13,15). The highest BCUT2D eigenvalue weighted by atomic mass is 32.1. The third kappa shape index (κ3) is 2.58. The highest BCUT2D eigenvalue weighted by molar-refractivity contribution is 7.11. The molecule has 0 aliphatic carbocycles. The first-order valence-electron chi connectivity index (χ1n) is 5.38. The van der Waals surface area contributed by atoms with Gasteiger partial charge in [-0.3, -0.25) is 0 Å². The third-order valence-electron chi connectivity index (χ3n) is 2.37. The van der Waals surface area contributed by atoms with Crippen molar-refractivity contribution >= 4 is 17.2 Å². The van der Waals surface area contributed by atoms with Gasteiger partial charge < -0.3 is 5.32 Å². The zero-order valence-electron chi connectivity index (χ0n) is 9.53. The Hall–Kier alpha value is -1.42. The first-order chi connectivity index (χ1) is 7.79. The molecule has 0 aliphatic heterocycles. The van der Waals surface area contributed by atoms with Gasteiger partial charge in [0.2, 0.25) is 0 Å². The fraction of sp³-hybridized carbons (Fsp3) is 0.333. The number of thiazole rings is 1. The molecule has 0 aromatic carbocycles. The van der Waals surface area contributed by atoms with Crippen LogP contribution in [-0.4, -0.2) is 9.97 Å². The predicted octanol–water partition coefficient (Wildman–Crippen LogP) is 3.02. The number of anilines is 1.